The van der Waals surface area contributed by atoms with E-state index in [0.717, 1.165) is 18.2 Å². The number of carboxylic acids is 1. The molecule has 1 aliphatic heterocycles. The predicted octanol–water partition coefficient (Wildman–Crippen LogP) is 1.70. The SMILES string of the molecule is O=C(O)C1CCN(C(=O)CNc2cc(F)cc(F)c2)CC1. The number of halogens is 2. The molecule has 1 aliphatic rings. The average molecular weight is 298 g/mol. The summed E-state index contributed by atoms with van der Waals surface area (Å²) in [6.45, 7) is 0.685. The Morgan fingerprint density at radius 1 is 1.19 bits per heavy atom. The molecule has 7 heteroatoms. The summed E-state index contributed by atoms with van der Waals surface area (Å²) in [6, 6.07) is 2.96. The molecular weight excluding hydrogens is 282 g/mol. The Bertz CT molecular complexity index is 523. The van der Waals surface area contributed by atoms with Crippen LogP contribution >= 0.6 is 0 Å². The number of amides is 1. The van der Waals surface area contributed by atoms with E-state index in [1.807, 2.05) is 0 Å². The Kier molecular flexibility index (Phi) is 4.72. The Morgan fingerprint density at radius 2 is 1.76 bits per heavy atom. The lowest BCUT2D eigenvalue weighted by Gasteiger charge is -2.30. The quantitative estimate of drug-likeness (QED) is 0.887. The molecule has 114 valence electrons. The number of nitrogens with zero attached hydrogens (tertiary/aromatic N) is 1. The van der Waals surface area contributed by atoms with Crippen LogP contribution in [0.2, 0.25) is 0 Å². The summed E-state index contributed by atoms with van der Waals surface area (Å²) in [7, 11) is 0. The van der Waals surface area contributed by atoms with Crippen molar-refractivity contribution < 1.29 is 23.5 Å². The Balaban J connectivity index is 1.84. The zero-order chi connectivity index (χ0) is 15.4. The summed E-state index contributed by atoms with van der Waals surface area (Å²) < 4.78 is 26.0. The second kappa shape index (κ2) is 6.51. The number of carboxylic acid groups (broad SMARTS) is 1. The fourth-order valence-electron chi connectivity index (χ4n) is 2.32. The maximum Gasteiger partial charge on any atom is 0.306 e. The number of carbonyl (C=O) groups excluding carboxylic acids is 1. The topological polar surface area (TPSA) is 69.6 Å². The molecule has 21 heavy (non-hydrogen) atoms. The number of anilines is 1. The lowest BCUT2D eigenvalue weighted by atomic mass is 9.97. The number of likely N-dealkylation sites (tertiary alicyclic amines) is 1. The van der Waals surface area contributed by atoms with Gasteiger partial charge in [-0.3, -0.25) is 9.59 Å². The van der Waals surface area contributed by atoms with Gasteiger partial charge in [-0.15, -0.1) is 0 Å². The van der Waals surface area contributed by atoms with Crippen LogP contribution in [-0.4, -0.2) is 41.5 Å². The molecule has 0 spiro atoms. The summed E-state index contributed by atoms with van der Waals surface area (Å²) in [6.07, 6.45) is 0.853. The summed E-state index contributed by atoms with van der Waals surface area (Å²) in [5.41, 5.74) is 0.196. The van der Waals surface area contributed by atoms with Gasteiger partial charge < -0.3 is 15.3 Å². The molecule has 1 heterocycles. The van der Waals surface area contributed by atoms with Crippen LogP contribution in [0.1, 0.15) is 12.8 Å². The van der Waals surface area contributed by atoms with E-state index in [1.54, 1.807) is 4.90 Å². The van der Waals surface area contributed by atoms with Crippen molar-refractivity contribution in [3.63, 3.8) is 0 Å². The van der Waals surface area contributed by atoms with Gasteiger partial charge in [-0.25, -0.2) is 8.78 Å². The second-order valence-electron chi connectivity index (χ2n) is 5.00. The first-order valence-electron chi connectivity index (χ1n) is 6.66. The molecule has 1 fully saturated rings. The van der Waals surface area contributed by atoms with Crippen molar-refractivity contribution >= 4 is 17.6 Å². The predicted molar refractivity (Wildman–Crippen MR) is 71.8 cm³/mol. The van der Waals surface area contributed by atoms with E-state index >= 15 is 0 Å². The number of hydrogen-bond donors (Lipinski definition) is 2. The van der Waals surface area contributed by atoms with E-state index in [1.165, 1.54) is 0 Å². The Morgan fingerprint density at radius 3 is 2.29 bits per heavy atom. The summed E-state index contributed by atoms with van der Waals surface area (Å²) in [5.74, 6) is -2.89. The number of piperidine rings is 1. The minimum absolute atomic E-state index is 0.0827. The zero-order valence-corrected chi connectivity index (χ0v) is 11.3. The maximum atomic E-state index is 13.0. The lowest BCUT2D eigenvalue weighted by Crippen LogP contribution is -2.42. The van der Waals surface area contributed by atoms with E-state index in [9.17, 15) is 18.4 Å². The first-order chi connectivity index (χ1) is 9.95. The van der Waals surface area contributed by atoms with Crippen LogP contribution in [0.4, 0.5) is 14.5 Å². The van der Waals surface area contributed by atoms with Crippen molar-refractivity contribution in [3.05, 3.63) is 29.8 Å². The van der Waals surface area contributed by atoms with E-state index in [2.05, 4.69) is 5.32 Å². The van der Waals surface area contributed by atoms with Gasteiger partial charge in [0.1, 0.15) is 11.6 Å². The van der Waals surface area contributed by atoms with Gasteiger partial charge in [-0.1, -0.05) is 0 Å². The summed E-state index contributed by atoms with van der Waals surface area (Å²) in [5, 5.41) is 11.6. The van der Waals surface area contributed by atoms with Gasteiger partial charge in [0.25, 0.3) is 0 Å². The van der Waals surface area contributed by atoms with Gasteiger partial charge in [0, 0.05) is 24.8 Å². The van der Waals surface area contributed by atoms with Crippen LogP contribution in [0, 0.1) is 17.6 Å². The highest BCUT2D eigenvalue weighted by Gasteiger charge is 2.26. The number of carbonyl (C=O) groups is 2. The highest BCUT2D eigenvalue weighted by Crippen LogP contribution is 2.18. The molecule has 0 saturated carbocycles. The third kappa shape index (κ3) is 4.14. The van der Waals surface area contributed by atoms with Crippen LogP contribution in [0.5, 0.6) is 0 Å². The molecule has 0 aliphatic carbocycles. The van der Waals surface area contributed by atoms with Crippen LogP contribution in [0.25, 0.3) is 0 Å². The molecule has 2 N–H and O–H groups in total. The number of nitrogens with one attached hydrogen (secondary N) is 1. The van der Waals surface area contributed by atoms with Crippen LogP contribution in [0.15, 0.2) is 18.2 Å². The van der Waals surface area contributed by atoms with Crippen molar-refractivity contribution in [1.82, 2.24) is 4.90 Å². The maximum absolute atomic E-state index is 13.0. The van der Waals surface area contributed by atoms with Crippen molar-refractivity contribution in [2.45, 2.75) is 12.8 Å². The van der Waals surface area contributed by atoms with Gasteiger partial charge in [-0.2, -0.15) is 0 Å². The normalized spacial score (nSPS) is 15.8. The molecule has 0 unspecified atom stereocenters. The molecule has 2 rings (SSSR count). The fraction of sp³-hybridized carbons (Fsp3) is 0.429. The zero-order valence-electron chi connectivity index (χ0n) is 11.3. The first kappa shape index (κ1) is 15.2. The highest BCUT2D eigenvalue weighted by molar-refractivity contribution is 5.81. The number of rotatable bonds is 4. The fourth-order valence-corrected chi connectivity index (χ4v) is 2.32. The van der Waals surface area contributed by atoms with Gasteiger partial charge in [0.15, 0.2) is 0 Å². The van der Waals surface area contributed by atoms with Crippen LogP contribution < -0.4 is 5.32 Å². The smallest absolute Gasteiger partial charge is 0.306 e. The Labute approximate surface area is 120 Å². The summed E-state index contributed by atoms with van der Waals surface area (Å²) >= 11 is 0. The molecular formula is C14H16F2N2O3. The second-order valence-corrected chi connectivity index (χ2v) is 5.00. The number of benzene rings is 1. The highest BCUT2D eigenvalue weighted by atomic mass is 19.1. The standard InChI is InChI=1S/C14H16F2N2O3/c15-10-5-11(16)7-12(6-10)17-8-13(19)18-3-1-9(2-4-18)14(20)21/h5-7,9,17H,1-4,8H2,(H,20,21). The first-order valence-corrected chi connectivity index (χ1v) is 6.66. The van der Waals surface area contributed by atoms with E-state index in [4.69, 9.17) is 5.11 Å². The molecule has 1 amide bonds. The van der Waals surface area contributed by atoms with Crippen LogP contribution in [-0.2, 0) is 9.59 Å². The number of hydrogen-bond acceptors (Lipinski definition) is 3. The number of aliphatic carboxylic acids is 1. The third-order valence-electron chi connectivity index (χ3n) is 3.50. The molecule has 0 bridgehead atoms. The van der Waals surface area contributed by atoms with Gasteiger partial charge in [0.2, 0.25) is 5.91 Å². The van der Waals surface area contributed by atoms with Crippen molar-refractivity contribution in [3.8, 4) is 0 Å². The van der Waals surface area contributed by atoms with E-state index in [0.29, 0.717) is 25.9 Å². The molecule has 1 saturated heterocycles. The monoisotopic (exact) mass is 298 g/mol. The lowest BCUT2D eigenvalue weighted by molar-refractivity contribution is -0.145. The average Bonchev–Trinajstić information content (AvgIpc) is 2.44. The molecule has 1 aromatic rings. The van der Waals surface area contributed by atoms with E-state index in [-0.39, 0.29) is 18.1 Å². The molecule has 0 aromatic heterocycles. The molecule has 5 nitrogen and oxygen atoms in total. The largest absolute Gasteiger partial charge is 0.481 e. The van der Waals surface area contributed by atoms with E-state index < -0.39 is 23.5 Å². The molecule has 1 aromatic carbocycles. The van der Waals surface area contributed by atoms with Crippen molar-refractivity contribution in [2.75, 3.05) is 25.0 Å². The van der Waals surface area contributed by atoms with Gasteiger partial charge >= 0.3 is 5.97 Å². The molecule has 0 atom stereocenters. The molecule has 0 radical (unpaired) electrons. The van der Waals surface area contributed by atoms with Gasteiger partial charge in [0.05, 0.1) is 12.5 Å². The third-order valence-corrected chi connectivity index (χ3v) is 3.50. The van der Waals surface area contributed by atoms with Gasteiger partial charge in [-0.05, 0) is 25.0 Å². The Hall–Kier alpha value is -2.18. The summed E-state index contributed by atoms with van der Waals surface area (Å²) in [4.78, 5) is 24.3. The minimum Gasteiger partial charge on any atom is -0.481 e. The van der Waals surface area contributed by atoms with Crippen LogP contribution in [0.3, 0.4) is 0 Å². The van der Waals surface area contributed by atoms with Crippen molar-refractivity contribution in [2.24, 2.45) is 5.92 Å². The minimum atomic E-state index is -0.838. The van der Waals surface area contributed by atoms with Crippen molar-refractivity contribution in [1.29, 1.82) is 0 Å².